The summed E-state index contributed by atoms with van der Waals surface area (Å²) < 4.78 is 7.48. The fraction of sp³-hybridized carbons (Fsp3) is 0.600. The third-order valence-electron chi connectivity index (χ3n) is 4.67. The van der Waals surface area contributed by atoms with Gasteiger partial charge in [0.25, 0.3) is 0 Å². The monoisotopic (exact) mass is 293 g/mol. The van der Waals surface area contributed by atoms with Crippen LogP contribution in [0.4, 0.5) is 0 Å². The summed E-state index contributed by atoms with van der Waals surface area (Å²) in [5, 5.41) is 0. The number of hydrogen-bond acceptors (Lipinski definition) is 3. The average Bonchev–Trinajstić information content (AvgIpc) is 2.99. The standard InChI is InChI=1S/C15H20ClN3O/c1-9-4-6-12(10(9)2)19-13(8-16)17-11-5-7-14(20-3)18-15(11)19/h5,7,9-10,12H,4,6,8H2,1-3H3. The molecule has 2 heterocycles. The predicted octanol–water partition coefficient (Wildman–Crippen LogP) is 3.79. The lowest BCUT2D eigenvalue weighted by atomic mass is 9.97. The molecule has 0 N–H and O–H groups in total. The summed E-state index contributed by atoms with van der Waals surface area (Å²) in [5.41, 5.74) is 1.79. The van der Waals surface area contributed by atoms with E-state index in [2.05, 4.69) is 28.4 Å². The van der Waals surface area contributed by atoms with Gasteiger partial charge < -0.3 is 9.30 Å². The first-order chi connectivity index (χ1) is 9.65. The van der Waals surface area contributed by atoms with Crippen molar-refractivity contribution in [1.82, 2.24) is 14.5 Å². The number of halogens is 1. The number of fused-ring (bicyclic) bond motifs is 1. The Kier molecular flexibility index (Phi) is 3.59. The number of aromatic nitrogens is 3. The Balaban J connectivity index is 2.16. The Labute approximate surface area is 124 Å². The van der Waals surface area contributed by atoms with E-state index in [1.807, 2.05) is 12.1 Å². The molecule has 1 aliphatic carbocycles. The zero-order chi connectivity index (χ0) is 14.3. The zero-order valence-corrected chi connectivity index (χ0v) is 12.9. The molecule has 0 aromatic carbocycles. The average molecular weight is 294 g/mol. The summed E-state index contributed by atoms with van der Waals surface area (Å²) in [5.74, 6) is 3.29. The highest BCUT2D eigenvalue weighted by Crippen LogP contribution is 2.42. The summed E-state index contributed by atoms with van der Waals surface area (Å²) in [6.07, 6.45) is 2.41. The topological polar surface area (TPSA) is 39.9 Å². The second kappa shape index (κ2) is 5.24. The summed E-state index contributed by atoms with van der Waals surface area (Å²) in [6.45, 7) is 4.63. The van der Waals surface area contributed by atoms with E-state index in [1.54, 1.807) is 7.11 Å². The lowest BCUT2D eigenvalue weighted by Crippen LogP contribution is -2.17. The van der Waals surface area contributed by atoms with Gasteiger partial charge in [0.05, 0.1) is 13.0 Å². The van der Waals surface area contributed by atoms with Gasteiger partial charge in [0, 0.05) is 12.1 Å². The molecule has 20 heavy (non-hydrogen) atoms. The van der Waals surface area contributed by atoms with Crippen molar-refractivity contribution in [2.75, 3.05) is 7.11 Å². The van der Waals surface area contributed by atoms with Gasteiger partial charge in [-0.05, 0) is 30.7 Å². The summed E-state index contributed by atoms with van der Waals surface area (Å²) in [7, 11) is 1.64. The van der Waals surface area contributed by atoms with Crippen LogP contribution in [0.15, 0.2) is 12.1 Å². The van der Waals surface area contributed by atoms with Gasteiger partial charge in [0.1, 0.15) is 11.3 Å². The molecule has 4 nitrogen and oxygen atoms in total. The molecule has 108 valence electrons. The van der Waals surface area contributed by atoms with E-state index in [-0.39, 0.29) is 0 Å². The number of methoxy groups -OCH3 is 1. The van der Waals surface area contributed by atoms with Crippen molar-refractivity contribution in [1.29, 1.82) is 0 Å². The molecule has 2 aromatic heterocycles. The van der Waals surface area contributed by atoms with E-state index in [1.165, 1.54) is 6.42 Å². The van der Waals surface area contributed by atoms with Crippen LogP contribution in [0, 0.1) is 11.8 Å². The largest absolute Gasteiger partial charge is 0.481 e. The first-order valence-corrected chi connectivity index (χ1v) is 7.67. The van der Waals surface area contributed by atoms with Crippen molar-refractivity contribution in [3.05, 3.63) is 18.0 Å². The maximum Gasteiger partial charge on any atom is 0.215 e. The third-order valence-corrected chi connectivity index (χ3v) is 4.91. The van der Waals surface area contributed by atoms with Crippen molar-refractivity contribution >= 4 is 22.8 Å². The van der Waals surface area contributed by atoms with Crippen molar-refractivity contribution < 1.29 is 4.74 Å². The predicted molar refractivity (Wildman–Crippen MR) is 80.2 cm³/mol. The molecule has 0 spiro atoms. The highest BCUT2D eigenvalue weighted by molar-refractivity contribution is 6.16. The van der Waals surface area contributed by atoms with Gasteiger partial charge in [-0.1, -0.05) is 13.8 Å². The van der Waals surface area contributed by atoms with Crippen LogP contribution < -0.4 is 4.74 Å². The fourth-order valence-electron chi connectivity index (χ4n) is 3.26. The minimum Gasteiger partial charge on any atom is -0.481 e. The van der Waals surface area contributed by atoms with E-state index in [4.69, 9.17) is 16.3 Å². The van der Waals surface area contributed by atoms with Crippen LogP contribution in [0.2, 0.25) is 0 Å². The quantitative estimate of drug-likeness (QED) is 0.809. The molecule has 0 radical (unpaired) electrons. The first kappa shape index (κ1) is 13.7. The highest BCUT2D eigenvalue weighted by atomic mass is 35.5. The van der Waals surface area contributed by atoms with Gasteiger partial charge in [-0.2, -0.15) is 4.98 Å². The SMILES string of the molecule is COc1ccc2nc(CCl)n(C3CCC(C)C3C)c2n1. The molecule has 3 atom stereocenters. The molecular formula is C15H20ClN3O. The van der Waals surface area contributed by atoms with Gasteiger partial charge in [-0.3, -0.25) is 0 Å². The van der Waals surface area contributed by atoms with Gasteiger partial charge in [-0.15, -0.1) is 11.6 Å². The molecule has 1 fully saturated rings. The Hall–Kier alpha value is -1.29. The van der Waals surface area contributed by atoms with Crippen LogP contribution in [0.5, 0.6) is 5.88 Å². The minimum atomic E-state index is 0.413. The molecule has 0 bridgehead atoms. The van der Waals surface area contributed by atoms with Gasteiger partial charge >= 0.3 is 0 Å². The molecule has 0 aliphatic heterocycles. The molecule has 3 rings (SSSR count). The number of imidazole rings is 1. The molecule has 2 aromatic rings. The maximum atomic E-state index is 6.10. The summed E-state index contributed by atoms with van der Waals surface area (Å²) in [6, 6.07) is 4.23. The number of alkyl halides is 1. The van der Waals surface area contributed by atoms with E-state index < -0.39 is 0 Å². The normalized spacial score (nSPS) is 26.3. The van der Waals surface area contributed by atoms with Crippen LogP contribution >= 0.6 is 11.6 Å². The molecule has 0 saturated heterocycles. The van der Waals surface area contributed by atoms with Crippen LogP contribution in [0.1, 0.15) is 38.6 Å². The van der Waals surface area contributed by atoms with Crippen LogP contribution in [0.3, 0.4) is 0 Å². The van der Waals surface area contributed by atoms with Gasteiger partial charge in [0.15, 0.2) is 5.65 Å². The fourth-order valence-corrected chi connectivity index (χ4v) is 3.45. The Morgan fingerprint density at radius 2 is 2.10 bits per heavy atom. The van der Waals surface area contributed by atoms with E-state index in [0.717, 1.165) is 29.3 Å². The summed E-state index contributed by atoms with van der Waals surface area (Å²) >= 11 is 6.10. The molecule has 1 saturated carbocycles. The Bertz CT molecular complexity index is 625. The lowest BCUT2D eigenvalue weighted by Gasteiger charge is -2.22. The Morgan fingerprint density at radius 3 is 2.70 bits per heavy atom. The van der Waals surface area contributed by atoms with Gasteiger partial charge in [0.2, 0.25) is 5.88 Å². The maximum absolute atomic E-state index is 6.10. The van der Waals surface area contributed by atoms with Crippen molar-refractivity contribution in [3.8, 4) is 5.88 Å². The molecule has 5 heteroatoms. The van der Waals surface area contributed by atoms with E-state index in [0.29, 0.717) is 23.7 Å². The number of pyridine rings is 1. The van der Waals surface area contributed by atoms with Crippen molar-refractivity contribution in [2.24, 2.45) is 11.8 Å². The van der Waals surface area contributed by atoms with Crippen LogP contribution in [-0.2, 0) is 5.88 Å². The highest BCUT2D eigenvalue weighted by Gasteiger charge is 2.33. The molecule has 0 amide bonds. The van der Waals surface area contributed by atoms with E-state index in [9.17, 15) is 0 Å². The number of nitrogens with zero attached hydrogens (tertiary/aromatic N) is 3. The smallest absolute Gasteiger partial charge is 0.215 e. The molecule has 3 unspecified atom stereocenters. The number of hydrogen-bond donors (Lipinski definition) is 0. The minimum absolute atomic E-state index is 0.413. The number of rotatable bonds is 3. The number of ether oxygens (including phenoxy) is 1. The van der Waals surface area contributed by atoms with Crippen LogP contribution in [0.25, 0.3) is 11.2 Å². The van der Waals surface area contributed by atoms with Crippen molar-refractivity contribution in [2.45, 2.75) is 38.6 Å². The Morgan fingerprint density at radius 1 is 1.30 bits per heavy atom. The molecular weight excluding hydrogens is 274 g/mol. The summed E-state index contributed by atoms with van der Waals surface area (Å²) in [4.78, 5) is 9.21. The zero-order valence-electron chi connectivity index (χ0n) is 12.1. The van der Waals surface area contributed by atoms with Crippen LogP contribution in [-0.4, -0.2) is 21.6 Å². The molecule has 1 aliphatic rings. The van der Waals surface area contributed by atoms with Crippen molar-refractivity contribution in [3.63, 3.8) is 0 Å². The second-order valence-corrected chi connectivity index (χ2v) is 5.98. The first-order valence-electron chi connectivity index (χ1n) is 7.13. The van der Waals surface area contributed by atoms with E-state index >= 15 is 0 Å². The third kappa shape index (κ3) is 2.06. The van der Waals surface area contributed by atoms with Gasteiger partial charge in [-0.25, -0.2) is 4.98 Å². The lowest BCUT2D eigenvalue weighted by molar-refractivity contribution is 0.351. The second-order valence-electron chi connectivity index (χ2n) is 5.71.